The molecule has 5 heteroatoms. The van der Waals surface area contributed by atoms with E-state index >= 15 is 0 Å². The van der Waals surface area contributed by atoms with Crippen LogP contribution in [-0.4, -0.2) is 5.91 Å². The second kappa shape index (κ2) is 6.71. The Labute approximate surface area is 136 Å². The van der Waals surface area contributed by atoms with E-state index in [1.165, 1.54) is 6.07 Å². The van der Waals surface area contributed by atoms with Gasteiger partial charge in [-0.1, -0.05) is 30.3 Å². The largest absolute Gasteiger partial charge is 0.348 e. The van der Waals surface area contributed by atoms with Crippen molar-refractivity contribution in [1.82, 2.24) is 5.32 Å². The van der Waals surface area contributed by atoms with E-state index in [2.05, 4.69) is 5.32 Å². The topological polar surface area (TPSA) is 29.1 Å². The normalized spacial score (nSPS) is 10.5. The molecule has 3 aromatic rings. The molecule has 0 spiro atoms. The predicted octanol–water partition coefficient (Wildman–Crippen LogP) is 4.62. The van der Waals surface area contributed by atoms with Crippen molar-refractivity contribution in [3.63, 3.8) is 0 Å². The highest BCUT2D eigenvalue weighted by Crippen LogP contribution is 2.25. The van der Waals surface area contributed by atoms with Crippen LogP contribution in [0.25, 0.3) is 11.1 Å². The minimum absolute atomic E-state index is 0.193. The average Bonchev–Trinajstić information content (AvgIpc) is 3.07. The quantitative estimate of drug-likeness (QED) is 0.743. The fourth-order valence-electron chi connectivity index (χ4n) is 2.35. The lowest BCUT2D eigenvalue weighted by atomic mass is 10.0. The predicted molar refractivity (Wildman–Crippen MR) is 87.3 cm³/mol. The Bertz CT molecular complexity index is 811. The fourth-order valence-corrected chi connectivity index (χ4v) is 3.01. The summed E-state index contributed by atoms with van der Waals surface area (Å²) in [7, 11) is 0. The molecule has 3 rings (SSSR count). The fraction of sp³-hybridized carbons (Fsp3) is 0.0556. The number of carbonyl (C=O) groups excluding carboxylic acids is 1. The van der Waals surface area contributed by atoms with Gasteiger partial charge < -0.3 is 5.32 Å². The van der Waals surface area contributed by atoms with E-state index in [-0.39, 0.29) is 6.54 Å². The van der Waals surface area contributed by atoms with Crippen LogP contribution >= 0.6 is 11.3 Å². The summed E-state index contributed by atoms with van der Waals surface area (Å²) in [6, 6.07) is 13.0. The molecule has 1 heterocycles. The molecule has 1 amide bonds. The van der Waals surface area contributed by atoms with E-state index in [4.69, 9.17) is 0 Å². The zero-order valence-corrected chi connectivity index (χ0v) is 12.9. The lowest BCUT2D eigenvalue weighted by Crippen LogP contribution is -2.25. The molecule has 0 aliphatic rings. The number of benzene rings is 2. The van der Waals surface area contributed by atoms with Gasteiger partial charge in [0.2, 0.25) is 0 Å². The maximum absolute atomic E-state index is 13.6. The van der Waals surface area contributed by atoms with Gasteiger partial charge in [-0.15, -0.1) is 0 Å². The van der Waals surface area contributed by atoms with E-state index in [1.54, 1.807) is 11.3 Å². The van der Waals surface area contributed by atoms with Gasteiger partial charge in [-0.2, -0.15) is 11.3 Å². The van der Waals surface area contributed by atoms with Crippen LogP contribution in [0.3, 0.4) is 0 Å². The molecule has 0 aliphatic heterocycles. The number of hydrogen-bond acceptors (Lipinski definition) is 2. The zero-order chi connectivity index (χ0) is 16.2. The molecular weight excluding hydrogens is 316 g/mol. The maximum Gasteiger partial charge on any atom is 0.257 e. The van der Waals surface area contributed by atoms with E-state index in [0.717, 1.165) is 28.8 Å². The molecule has 0 bridgehead atoms. The van der Waals surface area contributed by atoms with Crippen LogP contribution in [0.2, 0.25) is 0 Å². The van der Waals surface area contributed by atoms with E-state index in [9.17, 15) is 13.6 Å². The first-order chi connectivity index (χ1) is 11.2. The van der Waals surface area contributed by atoms with Crippen LogP contribution in [0.5, 0.6) is 0 Å². The summed E-state index contributed by atoms with van der Waals surface area (Å²) in [5, 5.41) is 6.57. The van der Waals surface area contributed by atoms with Crippen molar-refractivity contribution >= 4 is 17.2 Å². The number of rotatable bonds is 4. The summed E-state index contributed by atoms with van der Waals surface area (Å²) in [6.07, 6.45) is 0. The van der Waals surface area contributed by atoms with Crippen LogP contribution < -0.4 is 5.32 Å². The van der Waals surface area contributed by atoms with Gasteiger partial charge in [-0.05, 0) is 45.6 Å². The number of amides is 1. The van der Waals surface area contributed by atoms with Gasteiger partial charge in [-0.3, -0.25) is 4.79 Å². The molecule has 0 aliphatic carbocycles. The van der Waals surface area contributed by atoms with Crippen LogP contribution in [0, 0.1) is 11.6 Å². The number of carbonyl (C=O) groups is 1. The Morgan fingerprint density at radius 3 is 2.43 bits per heavy atom. The molecular formula is C18H13F2NOS. The molecule has 1 aromatic heterocycles. The molecule has 0 radical (unpaired) electrons. The van der Waals surface area contributed by atoms with Crippen molar-refractivity contribution in [2.24, 2.45) is 0 Å². The summed E-state index contributed by atoms with van der Waals surface area (Å²) in [6.45, 7) is 0.193. The first-order valence-electron chi connectivity index (χ1n) is 6.99. The molecule has 0 saturated heterocycles. The Hall–Kier alpha value is -2.53. The third-order valence-corrected chi connectivity index (χ3v) is 4.16. The molecule has 0 atom stereocenters. The monoisotopic (exact) mass is 329 g/mol. The summed E-state index contributed by atoms with van der Waals surface area (Å²) in [5.41, 5.74) is 2.37. The summed E-state index contributed by atoms with van der Waals surface area (Å²) < 4.78 is 27.3. The van der Waals surface area contributed by atoms with Crippen molar-refractivity contribution in [2.75, 3.05) is 0 Å². The summed E-state index contributed by atoms with van der Waals surface area (Å²) in [4.78, 5) is 12.1. The molecule has 116 valence electrons. The van der Waals surface area contributed by atoms with Crippen molar-refractivity contribution in [2.45, 2.75) is 6.54 Å². The Balaban J connectivity index is 1.81. The minimum atomic E-state index is -0.867. The lowest BCUT2D eigenvalue weighted by Gasteiger charge is -2.10. The molecule has 2 aromatic carbocycles. The average molecular weight is 329 g/mol. The molecule has 2 nitrogen and oxygen atoms in total. The SMILES string of the molecule is O=C(NCc1ccccc1-c1ccsc1)c1c(F)cccc1F. The summed E-state index contributed by atoms with van der Waals surface area (Å²) >= 11 is 1.58. The van der Waals surface area contributed by atoms with Gasteiger partial charge in [0.15, 0.2) is 0 Å². The third kappa shape index (κ3) is 3.29. The number of halogens is 2. The number of nitrogens with one attached hydrogen (secondary N) is 1. The lowest BCUT2D eigenvalue weighted by molar-refractivity contribution is 0.0942. The number of thiophene rings is 1. The second-order valence-corrected chi connectivity index (χ2v) is 5.73. The van der Waals surface area contributed by atoms with E-state index in [1.807, 2.05) is 41.1 Å². The molecule has 1 N–H and O–H groups in total. The van der Waals surface area contributed by atoms with Gasteiger partial charge in [0, 0.05) is 6.54 Å². The van der Waals surface area contributed by atoms with Gasteiger partial charge in [0.05, 0.1) is 0 Å². The Morgan fingerprint density at radius 1 is 1.00 bits per heavy atom. The number of hydrogen-bond donors (Lipinski definition) is 1. The standard InChI is InChI=1S/C18H13F2NOS/c19-15-6-3-7-16(20)17(15)18(22)21-10-12-4-1-2-5-14(12)13-8-9-23-11-13/h1-9,11H,10H2,(H,21,22). The van der Waals surface area contributed by atoms with Crippen LogP contribution in [0.4, 0.5) is 8.78 Å². The highest BCUT2D eigenvalue weighted by atomic mass is 32.1. The highest BCUT2D eigenvalue weighted by molar-refractivity contribution is 7.08. The highest BCUT2D eigenvalue weighted by Gasteiger charge is 2.17. The van der Waals surface area contributed by atoms with Crippen molar-refractivity contribution < 1.29 is 13.6 Å². The summed E-state index contributed by atoms with van der Waals surface area (Å²) in [5.74, 6) is -2.50. The Kier molecular flexibility index (Phi) is 4.48. The van der Waals surface area contributed by atoms with Crippen LogP contribution in [0.1, 0.15) is 15.9 Å². The molecule has 23 heavy (non-hydrogen) atoms. The Morgan fingerprint density at radius 2 is 1.74 bits per heavy atom. The smallest absolute Gasteiger partial charge is 0.257 e. The van der Waals surface area contributed by atoms with Crippen LogP contribution in [-0.2, 0) is 6.54 Å². The van der Waals surface area contributed by atoms with Crippen molar-refractivity contribution in [3.8, 4) is 11.1 Å². The van der Waals surface area contributed by atoms with Gasteiger partial charge in [0.1, 0.15) is 17.2 Å². The van der Waals surface area contributed by atoms with Gasteiger partial charge in [-0.25, -0.2) is 8.78 Å². The third-order valence-electron chi connectivity index (χ3n) is 3.48. The van der Waals surface area contributed by atoms with Crippen molar-refractivity contribution in [1.29, 1.82) is 0 Å². The first kappa shape index (κ1) is 15.4. The minimum Gasteiger partial charge on any atom is -0.348 e. The maximum atomic E-state index is 13.6. The second-order valence-electron chi connectivity index (χ2n) is 4.95. The van der Waals surface area contributed by atoms with Crippen LogP contribution in [0.15, 0.2) is 59.3 Å². The van der Waals surface area contributed by atoms with E-state index in [0.29, 0.717) is 0 Å². The molecule has 0 saturated carbocycles. The van der Waals surface area contributed by atoms with Crippen molar-refractivity contribution in [3.05, 3.63) is 82.1 Å². The molecule has 0 unspecified atom stereocenters. The van der Waals surface area contributed by atoms with Gasteiger partial charge >= 0.3 is 0 Å². The first-order valence-corrected chi connectivity index (χ1v) is 7.94. The molecule has 0 fully saturated rings. The van der Waals surface area contributed by atoms with Gasteiger partial charge in [0.25, 0.3) is 5.91 Å². The zero-order valence-electron chi connectivity index (χ0n) is 12.1. The van der Waals surface area contributed by atoms with E-state index < -0.39 is 23.1 Å².